The lowest BCUT2D eigenvalue weighted by Crippen LogP contribution is -1.80. The van der Waals surface area contributed by atoms with Crippen LogP contribution in [0.4, 0.5) is 0 Å². The molecule has 0 atom stereocenters. The van der Waals surface area contributed by atoms with Crippen molar-refractivity contribution in [3.8, 4) is 23.7 Å². The number of rotatable bonds is 2. The van der Waals surface area contributed by atoms with E-state index in [2.05, 4.69) is 118 Å². The maximum Gasteiger partial charge on any atom is 0.0939 e. The highest BCUT2D eigenvalue weighted by Crippen LogP contribution is 2.36. The van der Waals surface area contributed by atoms with Crippen LogP contribution < -0.4 is 0 Å². The van der Waals surface area contributed by atoms with Gasteiger partial charge in [-0.25, -0.2) is 0 Å². The Morgan fingerprint density at radius 3 is 1.33 bits per heavy atom. The van der Waals surface area contributed by atoms with Crippen LogP contribution in [0, 0.1) is 23.7 Å². The van der Waals surface area contributed by atoms with Crippen molar-refractivity contribution in [1.29, 1.82) is 0 Å². The normalized spacial score (nSPS) is 9.93. The van der Waals surface area contributed by atoms with Crippen LogP contribution in [0.25, 0.3) is 0 Å². The Morgan fingerprint density at radius 1 is 0.630 bits per heavy atom. The fourth-order valence-electron chi connectivity index (χ4n) is 2.46. The molecule has 0 amide bonds. The minimum absolute atomic E-state index is 0.968. The summed E-state index contributed by atoms with van der Waals surface area (Å²) in [4.78, 5) is 1.96. The predicted molar refractivity (Wildman–Crippen MR) is 123 cm³/mol. The Morgan fingerprint density at radius 2 is 1.00 bits per heavy atom. The van der Waals surface area contributed by atoms with Crippen molar-refractivity contribution in [2.24, 2.45) is 0 Å². The summed E-state index contributed by atoms with van der Waals surface area (Å²) in [6.45, 7) is 4.31. The summed E-state index contributed by atoms with van der Waals surface area (Å²) in [7, 11) is 0. The fourth-order valence-corrected chi connectivity index (χ4v) is 4.59. The van der Waals surface area contributed by atoms with Crippen molar-refractivity contribution >= 4 is 43.2 Å². The maximum atomic E-state index is 3.64. The SMILES string of the molecule is CCc1ccc(C#Cc2sc(C#Cc3ccc(CC)cc3)c(Br)c2Br)cc1. The van der Waals surface area contributed by atoms with Crippen LogP contribution in [0.1, 0.15) is 45.9 Å². The van der Waals surface area contributed by atoms with Crippen LogP contribution in [0.2, 0.25) is 0 Å². The highest BCUT2D eigenvalue weighted by atomic mass is 79.9. The molecule has 0 radical (unpaired) electrons. The molecule has 1 heterocycles. The Labute approximate surface area is 182 Å². The molecule has 0 aliphatic carbocycles. The third-order valence-electron chi connectivity index (χ3n) is 4.16. The molecule has 134 valence electrons. The van der Waals surface area contributed by atoms with Gasteiger partial charge in [0.2, 0.25) is 0 Å². The molecule has 3 heteroatoms. The lowest BCUT2D eigenvalue weighted by atomic mass is 10.1. The third kappa shape index (κ3) is 5.14. The van der Waals surface area contributed by atoms with Gasteiger partial charge in [-0.15, -0.1) is 11.3 Å². The number of hydrogen-bond acceptors (Lipinski definition) is 1. The predicted octanol–water partition coefficient (Wildman–Crippen LogP) is 7.20. The number of benzene rings is 2. The summed E-state index contributed by atoms with van der Waals surface area (Å²) < 4.78 is 1.94. The van der Waals surface area contributed by atoms with E-state index in [0.29, 0.717) is 0 Å². The summed E-state index contributed by atoms with van der Waals surface area (Å²) in [5, 5.41) is 0. The quantitative estimate of drug-likeness (QED) is 0.328. The third-order valence-corrected chi connectivity index (χ3v) is 7.82. The summed E-state index contributed by atoms with van der Waals surface area (Å²) in [6.07, 6.45) is 2.08. The van der Waals surface area contributed by atoms with Crippen LogP contribution in [0.3, 0.4) is 0 Å². The molecular formula is C24H18Br2S. The zero-order valence-electron chi connectivity index (χ0n) is 15.2. The van der Waals surface area contributed by atoms with Gasteiger partial charge < -0.3 is 0 Å². The molecule has 0 nitrogen and oxygen atoms in total. The fraction of sp³-hybridized carbons (Fsp3) is 0.167. The molecule has 0 spiro atoms. The highest BCUT2D eigenvalue weighted by molar-refractivity contribution is 9.13. The molecule has 0 unspecified atom stereocenters. The average Bonchev–Trinajstić information content (AvgIpc) is 2.99. The van der Waals surface area contributed by atoms with Gasteiger partial charge in [0.1, 0.15) is 0 Å². The molecule has 0 saturated heterocycles. The van der Waals surface area contributed by atoms with Crippen molar-refractivity contribution in [2.45, 2.75) is 26.7 Å². The van der Waals surface area contributed by atoms with E-state index in [1.807, 2.05) is 0 Å². The molecule has 0 aliphatic heterocycles. The second kappa shape index (κ2) is 9.43. The first-order chi connectivity index (χ1) is 13.1. The molecule has 0 saturated carbocycles. The minimum atomic E-state index is 0.968. The zero-order chi connectivity index (χ0) is 19.2. The van der Waals surface area contributed by atoms with Crippen LogP contribution in [0.5, 0.6) is 0 Å². The van der Waals surface area contributed by atoms with Crippen LogP contribution in [0.15, 0.2) is 57.5 Å². The molecule has 27 heavy (non-hydrogen) atoms. The van der Waals surface area contributed by atoms with Crippen LogP contribution >= 0.6 is 43.2 Å². The van der Waals surface area contributed by atoms with Crippen molar-refractivity contribution in [1.82, 2.24) is 0 Å². The molecule has 1 aromatic heterocycles. The molecule has 0 aliphatic rings. The summed E-state index contributed by atoms with van der Waals surface area (Å²) in [5.41, 5.74) is 4.69. The number of halogens is 2. The second-order valence-corrected chi connectivity index (χ2v) is 8.60. The summed E-state index contributed by atoms with van der Waals surface area (Å²) in [5.74, 6) is 13.0. The van der Waals surface area contributed by atoms with E-state index < -0.39 is 0 Å². The monoisotopic (exact) mass is 496 g/mol. The standard InChI is InChI=1S/C24H18Br2S/c1-3-17-5-9-19(10-6-17)13-15-21-23(25)24(26)22(27-21)16-14-20-11-7-18(4-2)8-12-20/h5-12H,3-4H2,1-2H3. The maximum absolute atomic E-state index is 3.64. The average molecular weight is 498 g/mol. The first-order valence-corrected chi connectivity index (χ1v) is 11.2. The first-order valence-electron chi connectivity index (χ1n) is 8.80. The zero-order valence-corrected chi connectivity index (χ0v) is 19.2. The molecule has 3 aromatic rings. The van der Waals surface area contributed by atoms with Crippen molar-refractivity contribution < 1.29 is 0 Å². The van der Waals surface area contributed by atoms with Gasteiger partial charge in [-0.1, -0.05) is 50.0 Å². The number of hydrogen-bond donors (Lipinski definition) is 0. The highest BCUT2D eigenvalue weighted by Gasteiger charge is 2.11. The van der Waals surface area contributed by atoms with E-state index in [1.165, 1.54) is 11.1 Å². The van der Waals surface area contributed by atoms with Gasteiger partial charge in [-0.05, 0) is 91.9 Å². The van der Waals surface area contributed by atoms with E-state index >= 15 is 0 Å². The summed E-state index contributed by atoms with van der Waals surface area (Å²) in [6, 6.07) is 16.8. The summed E-state index contributed by atoms with van der Waals surface area (Å²) >= 11 is 8.87. The van der Waals surface area contributed by atoms with Gasteiger partial charge in [-0.3, -0.25) is 0 Å². The van der Waals surface area contributed by atoms with E-state index in [9.17, 15) is 0 Å². The molecule has 0 N–H and O–H groups in total. The van der Waals surface area contributed by atoms with Gasteiger partial charge >= 0.3 is 0 Å². The molecule has 0 fully saturated rings. The minimum Gasteiger partial charge on any atom is -0.116 e. The van der Waals surface area contributed by atoms with Crippen LogP contribution in [-0.2, 0) is 12.8 Å². The Balaban J connectivity index is 1.84. The van der Waals surface area contributed by atoms with Gasteiger partial charge in [-0.2, -0.15) is 0 Å². The van der Waals surface area contributed by atoms with E-state index in [-0.39, 0.29) is 0 Å². The number of aryl methyl sites for hydroxylation is 2. The smallest absolute Gasteiger partial charge is 0.0939 e. The molecular weight excluding hydrogens is 480 g/mol. The molecule has 3 rings (SSSR count). The van der Waals surface area contributed by atoms with E-state index in [0.717, 1.165) is 42.7 Å². The lowest BCUT2D eigenvalue weighted by molar-refractivity contribution is 1.14. The second-order valence-electron chi connectivity index (χ2n) is 5.99. The first kappa shape index (κ1) is 20.0. The van der Waals surface area contributed by atoms with E-state index in [1.54, 1.807) is 11.3 Å². The Kier molecular flexibility index (Phi) is 6.97. The largest absolute Gasteiger partial charge is 0.116 e. The van der Waals surface area contributed by atoms with Gasteiger partial charge in [0, 0.05) is 11.1 Å². The topological polar surface area (TPSA) is 0 Å². The molecule has 2 aromatic carbocycles. The Bertz CT molecular complexity index is 964. The molecule has 0 bridgehead atoms. The lowest BCUT2D eigenvalue weighted by Gasteiger charge is -1.94. The van der Waals surface area contributed by atoms with Crippen LogP contribution in [-0.4, -0.2) is 0 Å². The van der Waals surface area contributed by atoms with Crippen molar-refractivity contribution in [3.63, 3.8) is 0 Å². The van der Waals surface area contributed by atoms with Crippen molar-refractivity contribution in [3.05, 3.63) is 89.5 Å². The van der Waals surface area contributed by atoms with Gasteiger partial charge in [0.05, 0.1) is 18.7 Å². The number of thiophene rings is 1. The van der Waals surface area contributed by atoms with Crippen molar-refractivity contribution in [2.75, 3.05) is 0 Å². The van der Waals surface area contributed by atoms with Gasteiger partial charge in [0.15, 0.2) is 0 Å². The Hall–Kier alpha value is -1.78. The van der Waals surface area contributed by atoms with E-state index in [4.69, 9.17) is 0 Å². The van der Waals surface area contributed by atoms with Gasteiger partial charge in [0.25, 0.3) is 0 Å².